The van der Waals surface area contributed by atoms with Crippen LogP contribution in [0, 0.1) is 6.92 Å². The van der Waals surface area contributed by atoms with E-state index in [1.807, 2.05) is 37.3 Å². The molecule has 0 radical (unpaired) electrons. The van der Waals surface area contributed by atoms with Gasteiger partial charge in [0.1, 0.15) is 12.4 Å². The van der Waals surface area contributed by atoms with E-state index < -0.39 is 10.0 Å². The molecule has 2 heterocycles. The van der Waals surface area contributed by atoms with E-state index in [0.29, 0.717) is 17.0 Å². The largest absolute Gasteiger partial charge is 0.492 e. The van der Waals surface area contributed by atoms with Gasteiger partial charge in [-0.1, -0.05) is 18.2 Å². The smallest absolute Gasteiger partial charge is 0.268 e. The van der Waals surface area contributed by atoms with Gasteiger partial charge in [0.25, 0.3) is 10.0 Å². The Kier molecular flexibility index (Phi) is 3.81. The quantitative estimate of drug-likeness (QED) is 0.766. The van der Waals surface area contributed by atoms with Crippen LogP contribution in [0.15, 0.2) is 53.6 Å². The number of hydrogen-bond donors (Lipinski definition) is 1. The highest BCUT2D eigenvalue weighted by molar-refractivity contribution is 7.90. The Labute approximate surface area is 147 Å². The van der Waals surface area contributed by atoms with Gasteiger partial charge in [-0.05, 0) is 43.7 Å². The molecular formula is C19H20N2O3S. The van der Waals surface area contributed by atoms with Crippen LogP contribution in [0.2, 0.25) is 0 Å². The zero-order valence-electron chi connectivity index (χ0n) is 14.2. The lowest BCUT2D eigenvalue weighted by Crippen LogP contribution is -2.20. The molecule has 0 bridgehead atoms. The molecule has 1 aliphatic rings. The fourth-order valence-electron chi connectivity index (χ4n) is 3.47. The second-order valence-corrected chi connectivity index (χ2v) is 8.10. The summed E-state index contributed by atoms with van der Waals surface area (Å²) in [5.74, 6) is 0.816. The van der Waals surface area contributed by atoms with E-state index in [0.717, 1.165) is 28.8 Å². The predicted octanol–water partition coefficient (Wildman–Crippen LogP) is 3.23. The van der Waals surface area contributed by atoms with Crippen LogP contribution in [0.3, 0.4) is 0 Å². The lowest BCUT2D eigenvalue weighted by atomic mass is 10.0. The minimum atomic E-state index is -3.65. The number of aryl methyl sites for hydroxylation is 1. The minimum Gasteiger partial charge on any atom is -0.492 e. The van der Waals surface area contributed by atoms with Crippen molar-refractivity contribution < 1.29 is 13.2 Å². The summed E-state index contributed by atoms with van der Waals surface area (Å²) in [5, 5.41) is 4.30. The third kappa shape index (κ3) is 2.53. The molecule has 4 rings (SSSR count). The van der Waals surface area contributed by atoms with Crippen molar-refractivity contribution in [1.82, 2.24) is 9.29 Å². The fourth-order valence-corrected chi connectivity index (χ4v) is 5.04. The van der Waals surface area contributed by atoms with E-state index in [-0.39, 0.29) is 6.04 Å². The van der Waals surface area contributed by atoms with Crippen molar-refractivity contribution in [3.05, 3.63) is 59.8 Å². The molecule has 1 atom stereocenters. The molecule has 6 heteroatoms. The van der Waals surface area contributed by atoms with Crippen LogP contribution in [0.1, 0.15) is 24.1 Å². The molecule has 1 unspecified atom stereocenters. The standard InChI is InChI=1S/C19H20N2O3S/c1-13-5-3-4-6-18(13)25(22,23)21-11-9-15-16(21)7-8-17-19(15)14(2)20-10-12-24-17/h3-9,11,14,20H,10,12H2,1-2H3. The van der Waals surface area contributed by atoms with Crippen LogP contribution in [0.4, 0.5) is 0 Å². The number of ether oxygens (including phenoxy) is 1. The maximum absolute atomic E-state index is 13.2. The Morgan fingerprint density at radius 1 is 1.16 bits per heavy atom. The second kappa shape index (κ2) is 5.89. The molecule has 1 aromatic heterocycles. The van der Waals surface area contributed by atoms with E-state index in [2.05, 4.69) is 12.2 Å². The average Bonchev–Trinajstić information content (AvgIpc) is 2.94. The third-order valence-electron chi connectivity index (χ3n) is 4.71. The Morgan fingerprint density at radius 2 is 1.96 bits per heavy atom. The highest BCUT2D eigenvalue weighted by Crippen LogP contribution is 2.36. The zero-order valence-corrected chi connectivity index (χ0v) is 15.0. The van der Waals surface area contributed by atoms with Crippen LogP contribution in [0.5, 0.6) is 5.75 Å². The highest BCUT2D eigenvalue weighted by Gasteiger charge is 2.24. The molecule has 0 amide bonds. The van der Waals surface area contributed by atoms with Crippen molar-refractivity contribution in [2.24, 2.45) is 0 Å². The average molecular weight is 356 g/mol. The number of rotatable bonds is 2. The summed E-state index contributed by atoms with van der Waals surface area (Å²) < 4.78 is 33.5. The molecule has 1 N–H and O–H groups in total. The van der Waals surface area contributed by atoms with Crippen molar-refractivity contribution in [2.45, 2.75) is 24.8 Å². The topological polar surface area (TPSA) is 60.3 Å². The molecule has 2 aromatic carbocycles. The first-order valence-corrected chi connectivity index (χ1v) is 9.75. The summed E-state index contributed by atoms with van der Waals surface area (Å²) in [6, 6.07) is 12.7. The molecule has 25 heavy (non-hydrogen) atoms. The van der Waals surface area contributed by atoms with Gasteiger partial charge in [-0.3, -0.25) is 0 Å². The molecule has 130 valence electrons. The number of nitrogens with zero attached hydrogens (tertiary/aromatic N) is 1. The normalized spacial score (nSPS) is 17.8. The maximum Gasteiger partial charge on any atom is 0.268 e. The fraction of sp³-hybridized carbons (Fsp3) is 0.263. The van der Waals surface area contributed by atoms with Gasteiger partial charge < -0.3 is 10.1 Å². The van der Waals surface area contributed by atoms with Gasteiger partial charge >= 0.3 is 0 Å². The molecule has 0 saturated heterocycles. The number of benzene rings is 2. The number of hydrogen-bond acceptors (Lipinski definition) is 4. The van der Waals surface area contributed by atoms with Crippen molar-refractivity contribution in [3.63, 3.8) is 0 Å². The van der Waals surface area contributed by atoms with Gasteiger partial charge in [0.2, 0.25) is 0 Å². The first kappa shape index (κ1) is 16.2. The van der Waals surface area contributed by atoms with Crippen molar-refractivity contribution in [1.29, 1.82) is 0 Å². The second-order valence-electron chi connectivity index (χ2n) is 6.32. The van der Waals surface area contributed by atoms with Crippen LogP contribution in [0.25, 0.3) is 10.9 Å². The first-order chi connectivity index (χ1) is 12.0. The summed E-state index contributed by atoms with van der Waals surface area (Å²) >= 11 is 0. The van der Waals surface area contributed by atoms with Crippen molar-refractivity contribution in [3.8, 4) is 5.75 Å². The van der Waals surface area contributed by atoms with Gasteiger partial charge in [0.05, 0.1) is 10.4 Å². The summed E-state index contributed by atoms with van der Waals surface area (Å²) in [6.45, 7) is 5.25. The lowest BCUT2D eigenvalue weighted by Gasteiger charge is -2.15. The molecule has 3 aromatic rings. The van der Waals surface area contributed by atoms with E-state index in [1.165, 1.54) is 3.97 Å². The minimum absolute atomic E-state index is 0.0956. The SMILES string of the molecule is Cc1ccccc1S(=O)(=O)n1ccc2c3c(ccc21)OCCNC3C. The Bertz CT molecular complexity index is 1050. The van der Waals surface area contributed by atoms with Crippen LogP contribution < -0.4 is 10.1 Å². The van der Waals surface area contributed by atoms with E-state index in [4.69, 9.17) is 4.74 Å². The third-order valence-corrected chi connectivity index (χ3v) is 6.56. The highest BCUT2D eigenvalue weighted by atomic mass is 32.2. The van der Waals surface area contributed by atoms with E-state index >= 15 is 0 Å². The molecular weight excluding hydrogens is 336 g/mol. The van der Waals surface area contributed by atoms with Gasteiger partial charge in [-0.15, -0.1) is 0 Å². The van der Waals surface area contributed by atoms with Crippen LogP contribution in [-0.4, -0.2) is 25.5 Å². The summed E-state index contributed by atoms with van der Waals surface area (Å²) in [6.07, 6.45) is 1.63. The zero-order chi connectivity index (χ0) is 17.6. The molecule has 0 aliphatic carbocycles. The van der Waals surface area contributed by atoms with E-state index in [1.54, 1.807) is 18.3 Å². The monoisotopic (exact) mass is 356 g/mol. The van der Waals surface area contributed by atoms with Crippen LogP contribution in [-0.2, 0) is 10.0 Å². The van der Waals surface area contributed by atoms with Crippen molar-refractivity contribution in [2.75, 3.05) is 13.2 Å². The van der Waals surface area contributed by atoms with Gasteiger partial charge in [-0.2, -0.15) is 0 Å². The van der Waals surface area contributed by atoms with Gasteiger partial charge in [0.15, 0.2) is 0 Å². The summed E-state index contributed by atoms with van der Waals surface area (Å²) in [5.41, 5.74) is 2.41. The first-order valence-electron chi connectivity index (χ1n) is 8.31. The van der Waals surface area contributed by atoms with Gasteiger partial charge in [-0.25, -0.2) is 12.4 Å². The van der Waals surface area contributed by atoms with E-state index in [9.17, 15) is 8.42 Å². The molecule has 1 aliphatic heterocycles. The number of fused-ring (bicyclic) bond motifs is 3. The number of aromatic nitrogens is 1. The van der Waals surface area contributed by atoms with Crippen molar-refractivity contribution >= 4 is 20.9 Å². The lowest BCUT2D eigenvalue weighted by molar-refractivity contribution is 0.325. The summed E-state index contributed by atoms with van der Waals surface area (Å²) in [4.78, 5) is 0.324. The molecule has 5 nitrogen and oxygen atoms in total. The Morgan fingerprint density at radius 3 is 2.76 bits per heavy atom. The predicted molar refractivity (Wildman–Crippen MR) is 97.6 cm³/mol. The Balaban J connectivity index is 1.95. The Hall–Kier alpha value is -2.31. The maximum atomic E-state index is 13.2. The number of nitrogens with one attached hydrogen (secondary N) is 1. The van der Waals surface area contributed by atoms with Crippen LogP contribution >= 0.6 is 0 Å². The molecule has 0 saturated carbocycles. The van der Waals surface area contributed by atoms with Gasteiger partial charge in [0, 0.05) is 29.7 Å². The molecule has 0 spiro atoms. The summed E-state index contributed by atoms with van der Waals surface area (Å²) in [7, 11) is -3.65. The molecule has 0 fully saturated rings.